The van der Waals surface area contributed by atoms with Gasteiger partial charge in [-0.2, -0.15) is 0 Å². The van der Waals surface area contributed by atoms with E-state index in [1.807, 2.05) is 0 Å². The molecule has 0 amide bonds. The second-order valence-corrected chi connectivity index (χ2v) is 8.11. The smallest absolute Gasteiger partial charge is 0.404 e. The maximum Gasteiger partial charge on any atom is 0.573 e. The van der Waals surface area contributed by atoms with E-state index in [1.165, 1.54) is 48.8 Å². The van der Waals surface area contributed by atoms with Gasteiger partial charge in [-0.1, -0.05) is 29.8 Å². The fourth-order valence-electron chi connectivity index (χ4n) is 2.57. The quantitative estimate of drug-likeness (QED) is 0.537. The Morgan fingerprint density at radius 3 is 2.31 bits per heavy atom. The molecule has 0 aliphatic carbocycles. The highest BCUT2D eigenvalue weighted by Gasteiger charge is 2.35. The zero-order valence-corrected chi connectivity index (χ0v) is 16.2. The first-order valence-corrected chi connectivity index (χ1v) is 10.0. The van der Waals surface area contributed by atoms with E-state index in [9.17, 15) is 21.6 Å². The molecular weight excluding hydrogens is 429 g/mol. The molecule has 10 heteroatoms. The van der Waals surface area contributed by atoms with Gasteiger partial charge in [0.2, 0.25) is 0 Å². The zero-order chi connectivity index (χ0) is 21.1. The van der Waals surface area contributed by atoms with E-state index in [0.717, 1.165) is 16.4 Å². The standard InChI is InChI=1S/C19H14ClF3N2O3S/c20-15-7-9-16(10-8-15)25(13-14-4-3-11-24-12-14)29(26,27)18-6-2-1-5-17(18)28-19(21,22)23/h1-12H,13H2. The summed E-state index contributed by atoms with van der Waals surface area (Å²) in [6.07, 6.45) is -2.05. The van der Waals surface area contributed by atoms with Gasteiger partial charge < -0.3 is 4.74 Å². The SMILES string of the molecule is O=S(=O)(c1ccccc1OC(F)(F)F)N(Cc1cccnc1)c1ccc(Cl)cc1. The van der Waals surface area contributed by atoms with Crippen molar-refractivity contribution < 1.29 is 26.3 Å². The molecule has 1 aromatic heterocycles. The first-order valence-electron chi connectivity index (χ1n) is 8.19. The van der Waals surface area contributed by atoms with Gasteiger partial charge in [0.05, 0.1) is 12.2 Å². The van der Waals surface area contributed by atoms with Crippen LogP contribution in [0, 0.1) is 0 Å². The van der Waals surface area contributed by atoms with E-state index >= 15 is 0 Å². The third-order valence-corrected chi connectivity index (χ3v) is 5.87. The summed E-state index contributed by atoms with van der Waals surface area (Å²) in [6.45, 7) is -0.155. The van der Waals surface area contributed by atoms with Gasteiger partial charge in [-0.15, -0.1) is 13.2 Å². The lowest BCUT2D eigenvalue weighted by Crippen LogP contribution is -2.31. The fraction of sp³-hybridized carbons (Fsp3) is 0.105. The predicted molar refractivity (Wildman–Crippen MR) is 102 cm³/mol. The van der Waals surface area contributed by atoms with Crippen LogP contribution in [0.2, 0.25) is 5.02 Å². The third-order valence-electron chi connectivity index (χ3n) is 3.81. The average Bonchev–Trinajstić information content (AvgIpc) is 2.67. The van der Waals surface area contributed by atoms with Crippen LogP contribution in [0.1, 0.15) is 5.56 Å². The molecular formula is C19H14ClF3N2O3S. The second kappa shape index (κ2) is 8.30. The number of pyridine rings is 1. The third kappa shape index (κ3) is 5.18. The molecule has 152 valence electrons. The van der Waals surface area contributed by atoms with Crippen LogP contribution in [0.25, 0.3) is 0 Å². The van der Waals surface area contributed by atoms with Crippen molar-refractivity contribution in [3.05, 3.63) is 83.6 Å². The highest BCUT2D eigenvalue weighted by molar-refractivity contribution is 7.92. The van der Waals surface area contributed by atoms with Crippen molar-refractivity contribution in [3.63, 3.8) is 0 Å². The Labute approximate surface area is 170 Å². The van der Waals surface area contributed by atoms with Crippen LogP contribution in [0.15, 0.2) is 78.0 Å². The Kier molecular flexibility index (Phi) is 5.99. The van der Waals surface area contributed by atoms with E-state index in [1.54, 1.807) is 12.1 Å². The number of sulfonamides is 1. The molecule has 5 nitrogen and oxygen atoms in total. The van der Waals surface area contributed by atoms with Crippen LogP contribution < -0.4 is 9.04 Å². The van der Waals surface area contributed by atoms with E-state index in [4.69, 9.17) is 11.6 Å². The molecule has 0 radical (unpaired) electrons. The van der Waals surface area contributed by atoms with Crippen molar-refractivity contribution in [2.45, 2.75) is 17.8 Å². The molecule has 0 spiro atoms. The van der Waals surface area contributed by atoms with Crippen LogP contribution in [-0.2, 0) is 16.6 Å². The lowest BCUT2D eigenvalue weighted by molar-refractivity contribution is -0.275. The number of benzene rings is 2. The highest BCUT2D eigenvalue weighted by Crippen LogP contribution is 2.34. The van der Waals surface area contributed by atoms with Gasteiger partial charge >= 0.3 is 6.36 Å². The summed E-state index contributed by atoms with van der Waals surface area (Å²) in [6, 6.07) is 13.8. The molecule has 0 saturated carbocycles. The molecule has 0 bridgehead atoms. The van der Waals surface area contributed by atoms with Crippen molar-refractivity contribution in [1.82, 2.24) is 4.98 Å². The number of hydrogen-bond donors (Lipinski definition) is 0. The fourth-order valence-corrected chi connectivity index (χ4v) is 4.27. The monoisotopic (exact) mass is 442 g/mol. The first kappa shape index (κ1) is 20.9. The Balaban J connectivity index is 2.11. The van der Waals surface area contributed by atoms with E-state index < -0.39 is 27.0 Å². The summed E-state index contributed by atoms with van der Waals surface area (Å²) in [5, 5.41) is 0.383. The normalized spacial score (nSPS) is 11.9. The van der Waals surface area contributed by atoms with Gasteiger partial charge in [0.1, 0.15) is 10.6 Å². The van der Waals surface area contributed by atoms with Crippen LogP contribution >= 0.6 is 11.6 Å². The minimum Gasteiger partial charge on any atom is -0.404 e. The van der Waals surface area contributed by atoms with Gasteiger partial charge in [0.25, 0.3) is 10.0 Å². The van der Waals surface area contributed by atoms with E-state index in [2.05, 4.69) is 9.72 Å². The number of halogens is 4. The van der Waals surface area contributed by atoms with Crippen molar-refractivity contribution in [2.24, 2.45) is 0 Å². The molecule has 29 heavy (non-hydrogen) atoms. The van der Waals surface area contributed by atoms with Gasteiger partial charge in [0, 0.05) is 17.4 Å². The van der Waals surface area contributed by atoms with E-state index in [0.29, 0.717) is 10.6 Å². The lowest BCUT2D eigenvalue weighted by atomic mass is 10.2. The molecule has 0 aliphatic heterocycles. The number of ether oxygens (including phenoxy) is 1. The number of nitrogens with zero attached hydrogens (tertiary/aromatic N) is 2. The van der Waals surface area contributed by atoms with Gasteiger partial charge in [-0.25, -0.2) is 8.42 Å². The number of aromatic nitrogens is 1. The van der Waals surface area contributed by atoms with Gasteiger partial charge in [0.15, 0.2) is 0 Å². The molecule has 1 heterocycles. The van der Waals surface area contributed by atoms with Crippen molar-refractivity contribution in [3.8, 4) is 5.75 Å². The second-order valence-electron chi connectivity index (χ2n) is 5.84. The van der Waals surface area contributed by atoms with Crippen LogP contribution in [-0.4, -0.2) is 19.8 Å². The minimum absolute atomic E-state index is 0.155. The number of para-hydroxylation sites is 1. The van der Waals surface area contributed by atoms with Crippen LogP contribution in [0.5, 0.6) is 5.75 Å². The molecule has 0 atom stereocenters. The first-order chi connectivity index (χ1) is 13.7. The summed E-state index contributed by atoms with van der Waals surface area (Å²) >= 11 is 5.88. The minimum atomic E-state index is -5.04. The Morgan fingerprint density at radius 2 is 1.69 bits per heavy atom. The largest absolute Gasteiger partial charge is 0.573 e. The van der Waals surface area contributed by atoms with Crippen molar-refractivity contribution in [2.75, 3.05) is 4.31 Å². The maximum absolute atomic E-state index is 13.4. The van der Waals surface area contributed by atoms with E-state index in [-0.39, 0.29) is 12.2 Å². The predicted octanol–water partition coefficient (Wildman–Crippen LogP) is 5.03. The lowest BCUT2D eigenvalue weighted by Gasteiger charge is -2.26. The maximum atomic E-state index is 13.4. The van der Waals surface area contributed by atoms with Gasteiger partial charge in [-0.3, -0.25) is 9.29 Å². The molecule has 3 rings (SSSR count). The summed E-state index contributed by atoms with van der Waals surface area (Å²) in [5.74, 6) is -0.815. The molecule has 3 aromatic rings. The van der Waals surface area contributed by atoms with Gasteiger partial charge in [-0.05, 0) is 48.0 Å². The van der Waals surface area contributed by atoms with Crippen LogP contribution in [0.3, 0.4) is 0 Å². The van der Waals surface area contributed by atoms with Crippen molar-refractivity contribution in [1.29, 1.82) is 0 Å². The zero-order valence-electron chi connectivity index (χ0n) is 14.7. The summed E-state index contributed by atoms with van der Waals surface area (Å²) in [4.78, 5) is 3.34. The summed E-state index contributed by atoms with van der Waals surface area (Å²) < 4.78 is 69.9. The van der Waals surface area contributed by atoms with Crippen LogP contribution in [0.4, 0.5) is 18.9 Å². The molecule has 0 N–H and O–H groups in total. The average molecular weight is 443 g/mol. The molecule has 0 fully saturated rings. The Morgan fingerprint density at radius 1 is 1.00 bits per heavy atom. The Hall–Kier alpha value is -2.78. The number of rotatable bonds is 6. The van der Waals surface area contributed by atoms with Crippen molar-refractivity contribution >= 4 is 27.3 Å². The highest BCUT2D eigenvalue weighted by atomic mass is 35.5. The molecule has 0 saturated heterocycles. The molecule has 0 aliphatic rings. The topological polar surface area (TPSA) is 59.5 Å². The molecule has 0 unspecified atom stereocenters. The summed E-state index contributed by atoms with van der Waals surface area (Å²) in [5.41, 5.74) is 0.764. The molecule has 2 aromatic carbocycles. The Bertz CT molecular complexity index is 1080. The number of hydrogen-bond acceptors (Lipinski definition) is 4. The number of alkyl halides is 3. The number of anilines is 1. The summed E-state index contributed by atoms with van der Waals surface area (Å²) in [7, 11) is -4.43.